The van der Waals surface area contributed by atoms with E-state index in [4.69, 9.17) is 5.73 Å². The van der Waals surface area contributed by atoms with Gasteiger partial charge in [-0.2, -0.15) is 0 Å². The van der Waals surface area contributed by atoms with Gasteiger partial charge in [-0.25, -0.2) is 4.98 Å². The Labute approximate surface area is 92.4 Å². The number of nitrogens with zero attached hydrogens (tertiary/aromatic N) is 3. The van der Waals surface area contributed by atoms with Crippen LogP contribution in [0.1, 0.15) is 16.1 Å². The number of ketones is 1. The predicted octanol–water partition coefficient (Wildman–Crippen LogP) is 0.879. The zero-order valence-electron chi connectivity index (χ0n) is 8.50. The van der Waals surface area contributed by atoms with Crippen molar-refractivity contribution < 1.29 is 4.79 Å². The molecule has 0 saturated heterocycles. The molecule has 5 nitrogen and oxygen atoms in total. The molecule has 0 aliphatic rings. The fourth-order valence-corrected chi connectivity index (χ4v) is 1.29. The molecule has 0 aliphatic heterocycles. The van der Waals surface area contributed by atoms with E-state index < -0.39 is 0 Å². The summed E-state index contributed by atoms with van der Waals surface area (Å²) >= 11 is 0. The maximum Gasteiger partial charge on any atom is 0.187 e. The van der Waals surface area contributed by atoms with E-state index in [-0.39, 0.29) is 12.2 Å². The summed E-state index contributed by atoms with van der Waals surface area (Å²) in [5.74, 6) is -0.118. The molecular weight excluding hydrogens is 204 g/mol. The van der Waals surface area contributed by atoms with E-state index in [1.165, 1.54) is 18.6 Å². The van der Waals surface area contributed by atoms with E-state index in [1.54, 1.807) is 18.5 Å². The van der Waals surface area contributed by atoms with Gasteiger partial charge in [0.25, 0.3) is 0 Å². The minimum Gasteiger partial charge on any atom is -0.398 e. The van der Waals surface area contributed by atoms with E-state index >= 15 is 0 Å². The summed E-state index contributed by atoms with van der Waals surface area (Å²) in [6.45, 7) is 0. The topological polar surface area (TPSA) is 81.8 Å². The van der Waals surface area contributed by atoms with Crippen LogP contribution in [0.2, 0.25) is 0 Å². The van der Waals surface area contributed by atoms with Crippen LogP contribution in [0.25, 0.3) is 0 Å². The van der Waals surface area contributed by atoms with Gasteiger partial charge in [0.2, 0.25) is 0 Å². The van der Waals surface area contributed by atoms with Crippen LogP contribution in [0, 0.1) is 0 Å². The van der Waals surface area contributed by atoms with Crippen molar-refractivity contribution >= 4 is 11.5 Å². The fraction of sp³-hybridized carbons (Fsp3) is 0.0909. The number of carbonyl (C=O) groups is 1. The van der Waals surface area contributed by atoms with Crippen LogP contribution in [0.5, 0.6) is 0 Å². The number of nitrogen functional groups attached to an aromatic ring is 1. The second kappa shape index (κ2) is 4.48. The molecule has 2 aromatic rings. The highest BCUT2D eigenvalue weighted by Crippen LogP contribution is 2.11. The molecule has 0 aromatic carbocycles. The number of anilines is 1. The summed E-state index contributed by atoms with van der Waals surface area (Å²) in [4.78, 5) is 23.5. The number of nitrogens with two attached hydrogens (primary N) is 1. The molecule has 0 saturated carbocycles. The van der Waals surface area contributed by atoms with Crippen molar-refractivity contribution in [3.8, 4) is 0 Å². The van der Waals surface area contributed by atoms with E-state index in [9.17, 15) is 4.79 Å². The molecule has 0 unspecified atom stereocenters. The molecular formula is C11H10N4O. The molecule has 0 bridgehead atoms. The molecule has 2 aromatic heterocycles. The van der Waals surface area contributed by atoms with Gasteiger partial charge in [0.1, 0.15) is 5.69 Å². The highest BCUT2D eigenvalue weighted by Gasteiger charge is 2.10. The number of carbonyl (C=O) groups excluding carboxylic acids is 1. The molecule has 80 valence electrons. The Bertz CT molecular complexity index is 498. The lowest BCUT2D eigenvalue weighted by Gasteiger charge is -2.02. The summed E-state index contributed by atoms with van der Waals surface area (Å²) in [6.07, 6.45) is 7.82. The molecule has 2 N–H and O–H groups in total. The second-order valence-electron chi connectivity index (χ2n) is 3.27. The average molecular weight is 214 g/mol. The van der Waals surface area contributed by atoms with Crippen LogP contribution >= 0.6 is 0 Å². The second-order valence-corrected chi connectivity index (χ2v) is 3.27. The first-order valence-corrected chi connectivity index (χ1v) is 4.75. The molecule has 0 spiro atoms. The minimum atomic E-state index is -0.118. The smallest absolute Gasteiger partial charge is 0.187 e. The Kier molecular flexibility index (Phi) is 2.86. The summed E-state index contributed by atoms with van der Waals surface area (Å²) in [5, 5.41) is 0. The summed E-state index contributed by atoms with van der Waals surface area (Å²) in [7, 11) is 0. The molecule has 0 fully saturated rings. The van der Waals surface area contributed by atoms with Gasteiger partial charge in [0, 0.05) is 42.5 Å². The van der Waals surface area contributed by atoms with Crippen molar-refractivity contribution in [2.75, 3.05) is 5.73 Å². The molecule has 5 heteroatoms. The fourth-order valence-electron chi connectivity index (χ4n) is 1.29. The van der Waals surface area contributed by atoms with Gasteiger partial charge in [-0.15, -0.1) is 0 Å². The average Bonchev–Trinajstić information content (AvgIpc) is 2.33. The van der Waals surface area contributed by atoms with Crippen LogP contribution in [-0.4, -0.2) is 20.7 Å². The van der Waals surface area contributed by atoms with E-state index in [0.717, 1.165) is 0 Å². The van der Waals surface area contributed by atoms with Crippen molar-refractivity contribution in [3.05, 3.63) is 48.3 Å². The zero-order valence-corrected chi connectivity index (χ0v) is 8.50. The molecule has 0 atom stereocenters. The minimum absolute atomic E-state index is 0.118. The number of Topliss-reactive ketones (excluding diaryl/α,β-unsaturated/α-hetero) is 1. The third-order valence-corrected chi connectivity index (χ3v) is 2.14. The molecule has 0 radical (unpaired) electrons. The van der Waals surface area contributed by atoms with Crippen molar-refractivity contribution in [2.45, 2.75) is 6.42 Å². The van der Waals surface area contributed by atoms with E-state index in [0.29, 0.717) is 16.9 Å². The van der Waals surface area contributed by atoms with Gasteiger partial charge < -0.3 is 5.73 Å². The number of aromatic nitrogens is 3. The number of rotatable bonds is 3. The lowest BCUT2D eigenvalue weighted by Crippen LogP contribution is -2.08. The number of hydrogen-bond donors (Lipinski definition) is 1. The van der Waals surface area contributed by atoms with Gasteiger partial charge in [-0.3, -0.25) is 14.8 Å². The third kappa shape index (κ3) is 2.20. The summed E-state index contributed by atoms with van der Waals surface area (Å²) in [5.41, 5.74) is 7.33. The standard InChI is InChI=1S/C11H10N4O/c12-9-1-2-13-6-8(9)5-11(16)10-7-14-3-4-15-10/h1-4,6-7H,5H2,(H2,12,13). The largest absolute Gasteiger partial charge is 0.398 e. The first kappa shape index (κ1) is 10.2. The molecule has 0 amide bonds. The Morgan fingerprint density at radius 3 is 2.69 bits per heavy atom. The Morgan fingerprint density at radius 2 is 2.00 bits per heavy atom. The lowest BCUT2D eigenvalue weighted by molar-refractivity contribution is 0.0988. The molecule has 16 heavy (non-hydrogen) atoms. The molecule has 2 heterocycles. The number of hydrogen-bond acceptors (Lipinski definition) is 5. The predicted molar refractivity (Wildman–Crippen MR) is 58.7 cm³/mol. The van der Waals surface area contributed by atoms with Crippen LogP contribution in [0.3, 0.4) is 0 Å². The first-order valence-electron chi connectivity index (χ1n) is 4.75. The van der Waals surface area contributed by atoms with Crippen LogP contribution < -0.4 is 5.73 Å². The van der Waals surface area contributed by atoms with E-state index in [2.05, 4.69) is 15.0 Å². The third-order valence-electron chi connectivity index (χ3n) is 2.14. The SMILES string of the molecule is Nc1ccncc1CC(=O)c1cnccn1. The Hall–Kier alpha value is -2.30. The maximum absolute atomic E-state index is 11.8. The Balaban J connectivity index is 2.18. The van der Waals surface area contributed by atoms with Gasteiger partial charge in [0.15, 0.2) is 5.78 Å². The van der Waals surface area contributed by atoms with Gasteiger partial charge in [-0.05, 0) is 6.07 Å². The molecule has 0 aliphatic carbocycles. The van der Waals surface area contributed by atoms with Crippen molar-refractivity contribution in [2.24, 2.45) is 0 Å². The molecule has 2 rings (SSSR count). The van der Waals surface area contributed by atoms with Crippen LogP contribution in [0.4, 0.5) is 5.69 Å². The Morgan fingerprint density at radius 1 is 1.19 bits per heavy atom. The van der Waals surface area contributed by atoms with Gasteiger partial charge in [-0.1, -0.05) is 0 Å². The highest BCUT2D eigenvalue weighted by molar-refractivity contribution is 5.96. The van der Waals surface area contributed by atoms with E-state index in [1.807, 2.05) is 0 Å². The van der Waals surface area contributed by atoms with Crippen molar-refractivity contribution in [3.63, 3.8) is 0 Å². The zero-order chi connectivity index (χ0) is 11.4. The highest BCUT2D eigenvalue weighted by atomic mass is 16.1. The lowest BCUT2D eigenvalue weighted by atomic mass is 10.1. The van der Waals surface area contributed by atoms with Crippen molar-refractivity contribution in [1.82, 2.24) is 15.0 Å². The van der Waals surface area contributed by atoms with Gasteiger partial charge >= 0.3 is 0 Å². The summed E-state index contributed by atoms with van der Waals surface area (Å²) in [6, 6.07) is 1.67. The summed E-state index contributed by atoms with van der Waals surface area (Å²) < 4.78 is 0. The van der Waals surface area contributed by atoms with Crippen LogP contribution in [-0.2, 0) is 6.42 Å². The maximum atomic E-state index is 11.8. The first-order chi connectivity index (χ1) is 7.77. The quantitative estimate of drug-likeness (QED) is 0.767. The van der Waals surface area contributed by atoms with Crippen molar-refractivity contribution in [1.29, 1.82) is 0 Å². The van der Waals surface area contributed by atoms with Crippen LogP contribution in [0.15, 0.2) is 37.1 Å². The number of pyridine rings is 1. The normalized spacial score (nSPS) is 10.0. The van der Waals surface area contributed by atoms with Gasteiger partial charge in [0.05, 0.1) is 6.20 Å². The monoisotopic (exact) mass is 214 g/mol.